The maximum Gasteiger partial charge on any atom is 0.195 e. The van der Waals surface area contributed by atoms with Crippen molar-refractivity contribution in [3.05, 3.63) is 41.0 Å². The zero-order chi connectivity index (χ0) is 29.4. The number of hydrogen-bond acceptors (Lipinski definition) is 7. The van der Waals surface area contributed by atoms with Crippen molar-refractivity contribution in [2.24, 2.45) is 4.03 Å². The molecule has 1 aromatic heterocycles. The van der Waals surface area contributed by atoms with Crippen molar-refractivity contribution in [3.63, 3.8) is 0 Å². The monoisotopic (exact) mass is 599 g/mol. The van der Waals surface area contributed by atoms with E-state index in [1.165, 1.54) is 11.3 Å². The molecule has 2 N–H and O–H groups in total. The van der Waals surface area contributed by atoms with E-state index in [9.17, 15) is 9.32 Å². The number of nitrogens with zero attached hydrogens (tertiary/aromatic N) is 2. The highest BCUT2D eigenvalue weighted by molar-refractivity contribution is 7.94. The van der Waals surface area contributed by atoms with Crippen molar-refractivity contribution >= 4 is 37.8 Å². The molecule has 0 aliphatic rings. The highest BCUT2D eigenvalue weighted by Gasteiger charge is 2.41. The average Bonchev–Trinajstić information content (AvgIpc) is 3.28. The standard InChI is InChI=1S/C27H49N3O4S2Si2/c1-20(21-14-16-22(33-9)17-15-21)29-36(32,30-37(10,11)25(2,3)4)23-18-28-24(35-23)27(8,31)19-34-38(12,13)26(5,6)7/h14-18,20,31H,19H2,1-13H3,(H,29,30,32)/t20-,27+,36+/m0/s1. The van der Waals surface area contributed by atoms with E-state index in [0.29, 0.717) is 9.22 Å². The molecule has 38 heavy (non-hydrogen) atoms. The smallest absolute Gasteiger partial charge is 0.195 e. The molecule has 0 bridgehead atoms. The zero-order valence-corrected chi connectivity index (χ0v) is 29.2. The van der Waals surface area contributed by atoms with Crippen LogP contribution in [0.4, 0.5) is 0 Å². The number of nitrogens with one attached hydrogen (secondary N) is 1. The first kappa shape index (κ1) is 33.1. The highest BCUT2D eigenvalue weighted by Crippen LogP contribution is 2.41. The lowest BCUT2D eigenvalue weighted by atomic mass is 10.1. The van der Waals surface area contributed by atoms with Crippen molar-refractivity contribution in [3.8, 4) is 5.75 Å². The second kappa shape index (κ2) is 11.4. The maximum absolute atomic E-state index is 14.7. The van der Waals surface area contributed by atoms with Gasteiger partial charge in [0.2, 0.25) is 0 Å². The minimum atomic E-state index is -3.06. The minimum Gasteiger partial charge on any atom is -0.497 e. The zero-order valence-electron chi connectivity index (χ0n) is 25.6. The third-order valence-corrected chi connectivity index (χ3v) is 22.2. The Hall–Kier alpha value is -1.09. The van der Waals surface area contributed by atoms with Crippen LogP contribution in [0.3, 0.4) is 0 Å². The second-order valence-corrected chi connectivity index (χ2v) is 26.5. The Morgan fingerprint density at radius 3 is 2.08 bits per heavy atom. The fourth-order valence-corrected chi connectivity index (χ4v) is 11.1. The topological polar surface area (TPSA) is 93.0 Å². The predicted octanol–water partition coefficient (Wildman–Crippen LogP) is 7.48. The molecule has 3 atom stereocenters. The van der Waals surface area contributed by atoms with Crippen LogP contribution in [-0.2, 0) is 19.9 Å². The third-order valence-electron chi connectivity index (χ3n) is 7.88. The summed E-state index contributed by atoms with van der Waals surface area (Å²) >= 11 is 1.24. The van der Waals surface area contributed by atoms with Crippen LogP contribution < -0.4 is 9.46 Å². The number of aromatic nitrogens is 1. The molecule has 0 saturated heterocycles. The van der Waals surface area contributed by atoms with Gasteiger partial charge < -0.3 is 14.3 Å². The summed E-state index contributed by atoms with van der Waals surface area (Å²) in [7, 11) is -5.83. The summed E-state index contributed by atoms with van der Waals surface area (Å²) in [4.78, 5) is 4.54. The summed E-state index contributed by atoms with van der Waals surface area (Å²) in [6, 6.07) is 7.47. The van der Waals surface area contributed by atoms with Gasteiger partial charge in [-0.25, -0.2) is 13.9 Å². The lowest BCUT2D eigenvalue weighted by Gasteiger charge is -2.38. The van der Waals surface area contributed by atoms with E-state index >= 15 is 0 Å². The Morgan fingerprint density at radius 2 is 1.61 bits per heavy atom. The van der Waals surface area contributed by atoms with Gasteiger partial charge in [0, 0.05) is 6.04 Å². The molecule has 216 valence electrons. The molecule has 0 saturated carbocycles. The van der Waals surface area contributed by atoms with Gasteiger partial charge in [-0.05, 0) is 67.8 Å². The van der Waals surface area contributed by atoms with Gasteiger partial charge in [-0.1, -0.05) is 53.7 Å². The van der Waals surface area contributed by atoms with Crippen LogP contribution in [0, 0.1) is 0 Å². The van der Waals surface area contributed by atoms with Crippen molar-refractivity contribution in [2.75, 3.05) is 13.7 Å². The Balaban J connectivity index is 2.50. The molecular weight excluding hydrogens is 551 g/mol. The Labute approximate surface area is 237 Å². The van der Waals surface area contributed by atoms with E-state index in [0.717, 1.165) is 11.3 Å². The molecular formula is C27H49N3O4S2Si2. The Kier molecular flexibility index (Phi) is 9.95. The number of benzene rings is 1. The van der Waals surface area contributed by atoms with Crippen LogP contribution >= 0.6 is 11.3 Å². The largest absolute Gasteiger partial charge is 0.497 e. The molecule has 2 rings (SSSR count). The van der Waals surface area contributed by atoms with E-state index in [4.69, 9.17) is 13.2 Å². The number of hydrogen-bond donors (Lipinski definition) is 2. The molecule has 0 unspecified atom stereocenters. The molecule has 7 nitrogen and oxygen atoms in total. The van der Waals surface area contributed by atoms with Crippen molar-refractivity contribution in [1.29, 1.82) is 0 Å². The number of aliphatic hydroxyl groups is 1. The minimum absolute atomic E-state index is 0.0228. The van der Waals surface area contributed by atoms with Gasteiger partial charge in [0.15, 0.2) is 16.6 Å². The molecule has 0 radical (unpaired) electrons. The van der Waals surface area contributed by atoms with Crippen LogP contribution in [0.25, 0.3) is 0 Å². The molecule has 0 amide bonds. The first-order valence-electron chi connectivity index (χ1n) is 13.1. The normalized spacial score (nSPS) is 17.4. The number of thiazole rings is 1. The molecule has 1 aromatic carbocycles. The first-order valence-corrected chi connectivity index (χ1v) is 21.3. The average molecular weight is 600 g/mol. The van der Waals surface area contributed by atoms with Gasteiger partial charge in [-0.2, -0.15) is 0 Å². The third kappa shape index (κ3) is 7.76. The van der Waals surface area contributed by atoms with Crippen LogP contribution in [0.1, 0.15) is 72.0 Å². The molecule has 0 aliphatic carbocycles. The number of rotatable bonds is 10. The van der Waals surface area contributed by atoms with Gasteiger partial charge in [0.1, 0.15) is 30.5 Å². The van der Waals surface area contributed by atoms with E-state index in [1.807, 2.05) is 31.2 Å². The van der Waals surface area contributed by atoms with Gasteiger partial charge >= 0.3 is 0 Å². The highest BCUT2D eigenvalue weighted by atomic mass is 32.2. The molecule has 1 heterocycles. The van der Waals surface area contributed by atoms with Gasteiger partial charge in [0.05, 0.1) is 19.9 Å². The van der Waals surface area contributed by atoms with Gasteiger partial charge in [-0.15, -0.1) is 11.3 Å². The summed E-state index contributed by atoms with van der Waals surface area (Å²) < 4.78 is 35.3. The predicted molar refractivity (Wildman–Crippen MR) is 165 cm³/mol. The summed E-state index contributed by atoms with van der Waals surface area (Å²) in [5.41, 5.74) is -0.333. The van der Waals surface area contributed by atoms with Crippen molar-refractivity contribution in [1.82, 2.24) is 9.71 Å². The van der Waals surface area contributed by atoms with Crippen LogP contribution in [-0.4, -0.2) is 44.6 Å². The first-order chi connectivity index (χ1) is 17.0. The van der Waals surface area contributed by atoms with E-state index in [2.05, 4.69) is 77.4 Å². The Bertz CT molecular complexity index is 1200. The molecule has 2 aromatic rings. The molecule has 0 spiro atoms. The fraction of sp³-hybridized carbons (Fsp3) is 0.667. The van der Waals surface area contributed by atoms with Gasteiger partial charge in [0.25, 0.3) is 0 Å². The van der Waals surface area contributed by atoms with E-state index in [-0.39, 0.29) is 22.7 Å². The SMILES string of the molecule is COc1ccc([C@H](C)N[S@@](=O)(=N[Si](C)(C)C(C)(C)C)c2cnc([C@](C)(O)CO[Si](C)(C)C(C)(C)C)s2)cc1. The molecule has 0 fully saturated rings. The summed E-state index contributed by atoms with van der Waals surface area (Å²) in [5.74, 6) is 0.766. The summed E-state index contributed by atoms with van der Waals surface area (Å²) in [5, 5.41) is 11.8. The molecule has 0 aliphatic heterocycles. The van der Waals surface area contributed by atoms with Gasteiger partial charge in [-0.3, -0.25) is 4.03 Å². The lowest BCUT2D eigenvalue weighted by Crippen LogP contribution is -2.44. The fourth-order valence-electron chi connectivity index (χ4n) is 3.02. The van der Waals surface area contributed by atoms with Crippen LogP contribution in [0.15, 0.2) is 38.7 Å². The quantitative estimate of drug-likeness (QED) is 0.276. The number of methoxy groups -OCH3 is 1. The summed E-state index contributed by atoms with van der Waals surface area (Å²) in [6.07, 6.45) is 1.60. The van der Waals surface area contributed by atoms with Crippen LogP contribution in [0.5, 0.6) is 5.75 Å². The van der Waals surface area contributed by atoms with Crippen LogP contribution in [0.2, 0.25) is 36.3 Å². The van der Waals surface area contributed by atoms with Crippen molar-refractivity contribution < 1.29 is 18.5 Å². The molecule has 11 heteroatoms. The lowest BCUT2D eigenvalue weighted by molar-refractivity contribution is 0.00244. The Morgan fingerprint density at radius 1 is 1.05 bits per heavy atom. The van der Waals surface area contributed by atoms with Crippen molar-refractivity contribution in [2.45, 2.75) is 108 Å². The van der Waals surface area contributed by atoms with E-state index < -0.39 is 32.1 Å². The number of ether oxygens (including phenoxy) is 1. The summed E-state index contributed by atoms with van der Waals surface area (Å²) in [6.45, 7) is 25.4. The van der Waals surface area contributed by atoms with E-state index in [1.54, 1.807) is 20.2 Å². The maximum atomic E-state index is 14.7. The second-order valence-electron chi connectivity index (χ2n) is 13.3.